The Hall–Kier alpha value is -0.510. The van der Waals surface area contributed by atoms with Crippen LogP contribution in [0.5, 0.6) is 0 Å². The van der Waals surface area contributed by atoms with Crippen LogP contribution in [0.25, 0.3) is 0 Å². The highest BCUT2D eigenvalue weighted by atomic mass is 35.5. The predicted molar refractivity (Wildman–Crippen MR) is 69.6 cm³/mol. The zero-order chi connectivity index (χ0) is 11.4. The monoisotopic (exact) mass is 262 g/mol. The number of rotatable bonds is 2. The van der Waals surface area contributed by atoms with Crippen LogP contribution < -0.4 is 5.32 Å². The standard InChI is InChI=1S/C10H12Cl2N2S/c1-13-10(15)14(2)6-7-4-3-5-8(11)9(7)12/h3-5H,6H2,1-2H3,(H,13,15). The van der Waals surface area contributed by atoms with Gasteiger partial charge in [0.15, 0.2) is 5.11 Å². The lowest BCUT2D eigenvalue weighted by Gasteiger charge is -2.20. The van der Waals surface area contributed by atoms with E-state index in [4.69, 9.17) is 35.4 Å². The highest BCUT2D eigenvalue weighted by molar-refractivity contribution is 7.80. The molecule has 0 aliphatic heterocycles. The third-order valence-electron chi connectivity index (χ3n) is 2.00. The summed E-state index contributed by atoms with van der Waals surface area (Å²) in [6.07, 6.45) is 0. The van der Waals surface area contributed by atoms with Gasteiger partial charge in [-0.25, -0.2) is 0 Å². The molecular formula is C10H12Cl2N2S. The molecule has 0 saturated carbocycles. The lowest BCUT2D eigenvalue weighted by Crippen LogP contribution is -2.34. The average molecular weight is 263 g/mol. The number of halogens is 2. The minimum atomic E-state index is 0.568. The minimum Gasteiger partial charge on any atom is -0.366 e. The Morgan fingerprint density at radius 2 is 2.13 bits per heavy atom. The van der Waals surface area contributed by atoms with E-state index in [-0.39, 0.29) is 0 Å². The van der Waals surface area contributed by atoms with Crippen LogP contribution in [0.4, 0.5) is 0 Å². The van der Waals surface area contributed by atoms with Crippen molar-refractivity contribution in [2.45, 2.75) is 6.54 Å². The van der Waals surface area contributed by atoms with E-state index >= 15 is 0 Å². The number of thiocarbonyl (C=S) groups is 1. The fourth-order valence-corrected chi connectivity index (χ4v) is 1.63. The van der Waals surface area contributed by atoms with Crippen LogP contribution in [0, 0.1) is 0 Å². The van der Waals surface area contributed by atoms with E-state index in [1.807, 2.05) is 24.1 Å². The fourth-order valence-electron chi connectivity index (χ4n) is 1.19. The number of nitrogens with zero attached hydrogens (tertiary/aromatic N) is 1. The van der Waals surface area contributed by atoms with Gasteiger partial charge in [0, 0.05) is 20.6 Å². The molecule has 2 nitrogen and oxygen atoms in total. The second-order valence-corrected chi connectivity index (χ2v) is 4.30. The summed E-state index contributed by atoms with van der Waals surface area (Å²) in [6, 6.07) is 5.58. The lowest BCUT2D eigenvalue weighted by atomic mass is 10.2. The zero-order valence-corrected chi connectivity index (χ0v) is 10.9. The van der Waals surface area contributed by atoms with Crippen molar-refractivity contribution in [2.24, 2.45) is 0 Å². The van der Waals surface area contributed by atoms with Gasteiger partial charge in [-0.3, -0.25) is 0 Å². The number of benzene rings is 1. The summed E-state index contributed by atoms with van der Waals surface area (Å²) in [4.78, 5) is 1.90. The molecule has 0 aromatic heterocycles. The van der Waals surface area contributed by atoms with Gasteiger partial charge >= 0.3 is 0 Å². The van der Waals surface area contributed by atoms with E-state index in [0.29, 0.717) is 21.7 Å². The summed E-state index contributed by atoms with van der Waals surface area (Å²) in [5.41, 5.74) is 0.962. The van der Waals surface area contributed by atoms with Gasteiger partial charge in [0.25, 0.3) is 0 Å². The summed E-state index contributed by atoms with van der Waals surface area (Å²) in [5, 5.41) is 4.73. The summed E-state index contributed by atoms with van der Waals surface area (Å²) in [7, 11) is 3.69. The number of hydrogen-bond acceptors (Lipinski definition) is 1. The highest BCUT2D eigenvalue weighted by Gasteiger charge is 2.08. The van der Waals surface area contributed by atoms with Crippen LogP contribution in [-0.2, 0) is 6.54 Å². The van der Waals surface area contributed by atoms with Crippen LogP contribution in [0.2, 0.25) is 10.0 Å². The normalized spacial score (nSPS) is 9.87. The van der Waals surface area contributed by atoms with Crippen LogP contribution in [-0.4, -0.2) is 24.1 Å². The smallest absolute Gasteiger partial charge is 0.168 e. The molecule has 0 unspecified atom stereocenters. The maximum absolute atomic E-state index is 6.06. The van der Waals surface area contributed by atoms with Crippen molar-refractivity contribution in [1.82, 2.24) is 10.2 Å². The van der Waals surface area contributed by atoms with Gasteiger partial charge in [-0.15, -0.1) is 0 Å². The maximum Gasteiger partial charge on any atom is 0.168 e. The van der Waals surface area contributed by atoms with E-state index in [2.05, 4.69) is 5.32 Å². The van der Waals surface area contributed by atoms with E-state index in [1.165, 1.54) is 0 Å². The van der Waals surface area contributed by atoms with Crippen molar-refractivity contribution < 1.29 is 0 Å². The molecule has 5 heteroatoms. The topological polar surface area (TPSA) is 15.3 Å². The lowest BCUT2D eigenvalue weighted by molar-refractivity contribution is 0.495. The third kappa shape index (κ3) is 3.23. The predicted octanol–water partition coefficient (Wildman–Crippen LogP) is 2.93. The Bertz CT molecular complexity index is 368. The summed E-state index contributed by atoms with van der Waals surface area (Å²) >= 11 is 17.1. The molecule has 0 aliphatic carbocycles. The van der Waals surface area contributed by atoms with Gasteiger partial charge in [-0.05, 0) is 23.8 Å². The molecule has 1 N–H and O–H groups in total. The van der Waals surface area contributed by atoms with Crippen LogP contribution in [0.15, 0.2) is 18.2 Å². The summed E-state index contributed by atoms with van der Waals surface area (Å²) in [5.74, 6) is 0. The van der Waals surface area contributed by atoms with Gasteiger partial charge in [-0.2, -0.15) is 0 Å². The molecule has 0 spiro atoms. The van der Waals surface area contributed by atoms with Crippen molar-refractivity contribution >= 4 is 40.5 Å². The van der Waals surface area contributed by atoms with E-state index < -0.39 is 0 Å². The first-order chi connectivity index (χ1) is 7.06. The Labute approximate surface area is 105 Å². The molecule has 15 heavy (non-hydrogen) atoms. The molecular weight excluding hydrogens is 251 g/mol. The van der Waals surface area contributed by atoms with E-state index in [0.717, 1.165) is 5.56 Å². The van der Waals surface area contributed by atoms with E-state index in [9.17, 15) is 0 Å². The molecule has 0 bridgehead atoms. The first kappa shape index (κ1) is 12.6. The largest absolute Gasteiger partial charge is 0.366 e. The molecule has 0 radical (unpaired) electrons. The molecule has 0 saturated heterocycles. The number of hydrogen-bond donors (Lipinski definition) is 1. The minimum absolute atomic E-state index is 0.568. The van der Waals surface area contributed by atoms with Gasteiger partial charge < -0.3 is 10.2 Å². The van der Waals surface area contributed by atoms with Crippen molar-refractivity contribution in [2.75, 3.05) is 14.1 Å². The van der Waals surface area contributed by atoms with Gasteiger partial charge in [0.1, 0.15) is 0 Å². The number of nitrogens with one attached hydrogen (secondary N) is 1. The van der Waals surface area contributed by atoms with Crippen molar-refractivity contribution in [3.05, 3.63) is 33.8 Å². The zero-order valence-electron chi connectivity index (χ0n) is 8.55. The molecule has 0 heterocycles. The highest BCUT2D eigenvalue weighted by Crippen LogP contribution is 2.26. The molecule has 1 aromatic rings. The second-order valence-electron chi connectivity index (χ2n) is 3.12. The second kappa shape index (κ2) is 5.54. The Kier molecular flexibility index (Phi) is 4.64. The fraction of sp³-hybridized carbons (Fsp3) is 0.300. The molecule has 0 aliphatic rings. The summed E-state index contributed by atoms with van der Waals surface area (Å²) < 4.78 is 0. The van der Waals surface area contributed by atoms with Crippen molar-refractivity contribution in [1.29, 1.82) is 0 Å². The Morgan fingerprint density at radius 1 is 1.47 bits per heavy atom. The molecule has 1 rings (SSSR count). The summed E-state index contributed by atoms with van der Waals surface area (Å²) in [6.45, 7) is 0.638. The van der Waals surface area contributed by atoms with Crippen LogP contribution >= 0.6 is 35.4 Å². The quantitative estimate of drug-likeness (QED) is 0.826. The van der Waals surface area contributed by atoms with Crippen molar-refractivity contribution in [3.63, 3.8) is 0 Å². The Balaban J connectivity index is 2.81. The molecule has 0 fully saturated rings. The maximum atomic E-state index is 6.06. The molecule has 1 aromatic carbocycles. The van der Waals surface area contributed by atoms with Crippen molar-refractivity contribution in [3.8, 4) is 0 Å². The first-order valence-electron chi connectivity index (χ1n) is 4.42. The molecule has 82 valence electrons. The van der Waals surface area contributed by atoms with Gasteiger partial charge in [0.2, 0.25) is 0 Å². The van der Waals surface area contributed by atoms with Crippen LogP contribution in [0.3, 0.4) is 0 Å². The van der Waals surface area contributed by atoms with Gasteiger partial charge in [-0.1, -0.05) is 35.3 Å². The molecule has 0 amide bonds. The van der Waals surface area contributed by atoms with Gasteiger partial charge in [0.05, 0.1) is 10.0 Å². The van der Waals surface area contributed by atoms with E-state index in [1.54, 1.807) is 13.1 Å². The average Bonchev–Trinajstić information content (AvgIpc) is 2.23. The first-order valence-corrected chi connectivity index (χ1v) is 5.58. The van der Waals surface area contributed by atoms with Crippen LogP contribution in [0.1, 0.15) is 5.56 Å². The molecule has 0 atom stereocenters. The SMILES string of the molecule is CNC(=S)N(C)Cc1cccc(Cl)c1Cl. The third-order valence-corrected chi connectivity index (χ3v) is 3.37. The Morgan fingerprint density at radius 3 is 2.73 bits per heavy atom.